The molecule has 0 bridgehead atoms. The van der Waals surface area contributed by atoms with Crippen molar-refractivity contribution in [2.45, 2.75) is 31.7 Å². The van der Waals surface area contributed by atoms with E-state index in [1.165, 1.54) is 30.4 Å². The second-order valence-corrected chi connectivity index (χ2v) is 6.21. The first-order valence-corrected chi connectivity index (χ1v) is 7.80. The molecule has 0 aliphatic heterocycles. The summed E-state index contributed by atoms with van der Waals surface area (Å²) in [5.41, 5.74) is 6.99. The number of anilines is 1. The van der Waals surface area contributed by atoms with Crippen LogP contribution in [0.25, 0.3) is 10.2 Å². The van der Waals surface area contributed by atoms with Crippen LogP contribution in [0.1, 0.15) is 25.7 Å². The number of aromatic nitrogens is 2. The number of hydrogen-bond donors (Lipinski definition) is 1. The molecule has 0 amide bonds. The molecule has 2 unspecified atom stereocenters. The number of rotatable bonds is 3. The van der Waals surface area contributed by atoms with Crippen LogP contribution in [0.4, 0.5) is 5.82 Å². The molecule has 3 rings (SSSR count). The van der Waals surface area contributed by atoms with Gasteiger partial charge in [0.1, 0.15) is 12.1 Å². The Morgan fingerprint density at radius 1 is 1.37 bits per heavy atom. The Morgan fingerprint density at radius 3 is 3.05 bits per heavy atom. The number of hydrogen-bond acceptors (Lipinski definition) is 5. The normalized spacial score (nSPS) is 23.7. The number of fused-ring (bicyclic) bond motifs is 1. The summed E-state index contributed by atoms with van der Waals surface area (Å²) in [6.45, 7) is 0.772. The van der Waals surface area contributed by atoms with E-state index in [-0.39, 0.29) is 0 Å². The highest BCUT2D eigenvalue weighted by atomic mass is 32.1. The predicted molar refractivity (Wildman–Crippen MR) is 80.6 cm³/mol. The van der Waals surface area contributed by atoms with E-state index in [0.717, 1.165) is 17.9 Å². The van der Waals surface area contributed by atoms with Gasteiger partial charge in [0.15, 0.2) is 0 Å². The Bertz CT molecular complexity index is 553. The van der Waals surface area contributed by atoms with Gasteiger partial charge in [0.2, 0.25) is 0 Å². The molecular weight excluding hydrogens is 256 g/mol. The molecule has 4 nitrogen and oxygen atoms in total. The zero-order valence-electron chi connectivity index (χ0n) is 11.2. The molecular formula is C14H20N4S. The SMILES string of the molecule is CN(c1ncnc2ccsc12)C1CCCCC1CN. The zero-order valence-corrected chi connectivity index (χ0v) is 12.1. The van der Waals surface area contributed by atoms with Crippen LogP contribution in [0.15, 0.2) is 17.8 Å². The van der Waals surface area contributed by atoms with E-state index in [4.69, 9.17) is 5.73 Å². The molecule has 2 aromatic rings. The van der Waals surface area contributed by atoms with Crippen molar-refractivity contribution in [1.29, 1.82) is 0 Å². The minimum Gasteiger partial charge on any atom is -0.355 e. The lowest BCUT2D eigenvalue weighted by Gasteiger charge is -2.38. The van der Waals surface area contributed by atoms with Gasteiger partial charge in [-0.15, -0.1) is 11.3 Å². The molecule has 1 aliphatic carbocycles. The fourth-order valence-corrected chi connectivity index (χ4v) is 4.03. The Morgan fingerprint density at radius 2 is 2.21 bits per heavy atom. The summed E-state index contributed by atoms with van der Waals surface area (Å²) in [5.74, 6) is 1.65. The second-order valence-electron chi connectivity index (χ2n) is 5.29. The highest BCUT2D eigenvalue weighted by Crippen LogP contribution is 2.33. The maximum absolute atomic E-state index is 5.95. The topological polar surface area (TPSA) is 55.0 Å². The van der Waals surface area contributed by atoms with Crippen LogP contribution >= 0.6 is 11.3 Å². The number of nitrogens with two attached hydrogens (primary N) is 1. The van der Waals surface area contributed by atoms with Crippen molar-refractivity contribution in [2.75, 3.05) is 18.5 Å². The Balaban J connectivity index is 1.94. The van der Waals surface area contributed by atoms with Gasteiger partial charge in [-0.3, -0.25) is 0 Å². The van der Waals surface area contributed by atoms with Crippen LogP contribution in [0.5, 0.6) is 0 Å². The number of nitrogens with zero attached hydrogens (tertiary/aromatic N) is 3. The maximum Gasteiger partial charge on any atom is 0.150 e. The van der Waals surface area contributed by atoms with E-state index in [0.29, 0.717) is 12.0 Å². The van der Waals surface area contributed by atoms with Crippen molar-refractivity contribution in [3.05, 3.63) is 17.8 Å². The van der Waals surface area contributed by atoms with Gasteiger partial charge in [-0.2, -0.15) is 0 Å². The van der Waals surface area contributed by atoms with Crippen LogP contribution in [-0.2, 0) is 0 Å². The van der Waals surface area contributed by atoms with Crippen LogP contribution in [0.2, 0.25) is 0 Å². The lowest BCUT2D eigenvalue weighted by Crippen LogP contribution is -2.43. The Labute approximate surface area is 117 Å². The molecule has 2 aromatic heterocycles. The van der Waals surface area contributed by atoms with Gasteiger partial charge in [0.05, 0.1) is 10.2 Å². The van der Waals surface area contributed by atoms with Gasteiger partial charge in [-0.1, -0.05) is 12.8 Å². The van der Waals surface area contributed by atoms with Crippen molar-refractivity contribution in [2.24, 2.45) is 11.7 Å². The molecule has 1 fully saturated rings. The molecule has 5 heteroatoms. The third kappa shape index (κ3) is 2.32. The quantitative estimate of drug-likeness (QED) is 0.936. The first-order chi connectivity index (χ1) is 9.31. The average molecular weight is 276 g/mol. The highest BCUT2D eigenvalue weighted by Gasteiger charge is 2.29. The molecule has 0 spiro atoms. The maximum atomic E-state index is 5.95. The van der Waals surface area contributed by atoms with Gasteiger partial charge in [-0.25, -0.2) is 9.97 Å². The van der Waals surface area contributed by atoms with Gasteiger partial charge in [0.25, 0.3) is 0 Å². The van der Waals surface area contributed by atoms with E-state index in [2.05, 4.69) is 33.4 Å². The van der Waals surface area contributed by atoms with Crippen molar-refractivity contribution in [3.8, 4) is 0 Å². The first-order valence-electron chi connectivity index (χ1n) is 6.92. The summed E-state index contributed by atoms with van der Waals surface area (Å²) in [6.07, 6.45) is 6.73. The number of thiophene rings is 1. The zero-order chi connectivity index (χ0) is 13.2. The van der Waals surface area contributed by atoms with Crippen molar-refractivity contribution in [3.63, 3.8) is 0 Å². The van der Waals surface area contributed by atoms with Crippen molar-refractivity contribution >= 4 is 27.4 Å². The molecule has 1 saturated carbocycles. The summed E-state index contributed by atoms with van der Waals surface area (Å²) in [6, 6.07) is 2.57. The summed E-state index contributed by atoms with van der Waals surface area (Å²) in [7, 11) is 2.15. The van der Waals surface area contributed by atoms with E-state index < -0.39 is 0 Å². The van der Waals surface area contributed by atoms with Crippen molar-refractivity contribution < 1.29 is 0 Å². The van der Waals surface area contributed by atoms with E-state index in [9.17, 15) is 0 Å². The van der Waals surface area contributed by atoms with E-state index in [1.54, 1.807) is 17.7 Å². The second kappa shape index (κ2) is 5.43. The Hall–Kier alpha value is -1.20. The smallest absolute Gasteiger partial charge is 0.150 e. The highest BCUT2D eigenvalue weighted by molar-refractivity contribution is 7.17. The van der Waals surface area contributed by atoms with Gasteiger partial charge in [-0.05, 0) is 36.8 Å². The molecule has 19 heavy (non-hydrogen) atoms. The molecule has 0 aromatic carbocycles. The molecule has 0 saturated heterocycles. The molecule has 2 atom stereocenters. The fourth-order valence-electron chi connectivity index (χ4n) is 3.16. The summed E-state index contributed by atoms with van der Waals surface area (Å²) < 4.78 is 1.19. The van der Waals surface area contributed by atoms with Crippen molar-refractivity contribution in [1.82, 2.24) is 9.97 Å². The van der Waals surface area contributed by atoms with Gasteiger partial charge < -0.3 is 10.6 Å². The van der Waals surface area contributed by atoms with E-state index >= 15 is 0 Å². The summed E-state index contributed by atoms with van der Waals surface area (Å²) in [4.78, 5) is 11.2. The molecule has 2 N–H and O–H groups in total. The molecule has 102 valence electrons. The van der Waals surface area contributed by atoms with Crippen LogP contribution in [0.3, 0.4) is 0 Å². The van der Waals surface area contributed by atoms with Gasteiger partial charge >= 0.3 is 0 Å². The first kappa shape index (κ1) is 12.8. The van der Waals surface area contributed by atoms with Crippen LogP contribution in [-0.4, -0.2) is 29.6 Å². The third-order valence-corrected chi connectivity index (χ3v) is 5.13. The Kier molecular flexibility index (Phi) is 3.66. The predicted octanol–water partition coefficient (Wildman–Crippen LogP) is 2.64. The van der Waals surface area contributed by atoms with E-state index in [1.807, 2.05) is 0 Å². The molecule has 2 heterocycles. The monoisotopic (exact) mass is 276 g/mol. The molecule has 0 radical (unpaired) electrons. The minimum absolute atomic E-state index is 0.513. The lowest BCUT2D eigenvalue weighted by atomic mass is 9.84. The molecule has 1 aliphatic rings. The average Bonchev–Trinajstić information content (AvgIpc) is 2.94. The third-order valence-electron chi connectivity index (χ3n) is 4.23. The van der Waals surface area contributed by atoms with Crippen LogP contribution < -0.4 is 10.6 Å². The van der Waals surface area contributed by atoms with Crippen LogP contribution in [0, 0.1) is 5.92 Å². The lowest BCUT2D eigenvalue weighted by molar-refractivity contribution is 0.306. The summed E-state index contributed by atoms with van der Waals surface area (Å²) in [5, 5.41) is 2.08. The largest absolute Gasteiger partial charge is 0.355 e. The fraction of sp³-hybridized carbons (Fsp3) is 0.571. The standard InChI is InChI=1S/C14H20N4S/c1-18(12-5-3-2-4-10(12)8-15)14-13-11(6-7-19-13)16-9-17-14/h6-7,9-10,12H,2-5,8,15H2,1H3. The summed E-state index contributed by atoms with van der Waals surface area (Å²) >= 11 is 1.72. The van der Waals surface area contributed by atoms with Gasteiger partial charge in [0, 0.05) is 13.1 Å². The minimum atomic E-state index is 0.513.